The summed E-state index contributed by atoms with van der Waals surface area (Å²) in [6.07, 6.45) is 2.26. The molecule has 0 aliphatic carbocycles. The van der Waals surface area contributed by atoms with Crippen molar-refractivity contribution in [1.29, 1.82) is 0 Å². The van der Waals surface area contributed by atoms with Crippen molar-refractivity contribution in [2.24, 2.45) is 5.73 Å². The van der Waals surface area contributed by atoms with Crippen LogP contribution < -0.4 is 11.3 Å². The van der Waals surface area contributed by atoms with E-state index in [-0.39, 0.29) is 11.4 Å². The number of primary amides is 1. The third-order valence-corrected chi connectivity index (χ3v) is 6.32. The van der Waals surface area contributed by atoms with Crippen LogP contribution in [0, 0.1) is 0 Å². The van der Waals surface area contributed by atoms with E-state index in [9.17, 15) is 22.8 Å². The summed E-state index contributed by atoms with van der Waals surface area (Å²) >= 11 is 0. The number of amides is 1. The van der Waals surface area contributed by atoms with Crippen molar-refractivity contribution >= 4 is 27.6 Å². The zero-order valence-corrected chi connectivity index (χ0v) is 19.6. The van der Waals surface area contributed by atoms with Gasteiger partial charge < -0.3 is 14.9 Å². The number of carbonyl (C=O) groups is 1. The van der Waals surface area contributed by atoms with E-state index < -0.39 is 17.6 Å². The molecule has 0 bridgehead atoms. The van der Waals surface area contributed by atoms with Crippen LogP contribution in [-0.4, -0.2) is 25.0 Å². The predicted molar refractivity (Wildman–Crippen MR) is 134 cm³/mol. The molecular weight excluding hydrogens is 483 g/mol. The van der Waals surface area contributed by atoms with Crippen molar-refractivity contribution in [3.63, 3.8) is 0 Å². The quantitative estimate of drug-likeness (QED) is 0.315. The van der Waals surface area contributed by atoms with Gasteiger partial charge in [-0.1, -0.05) is 12.1 Å². The van der Waals surface area contributed by atoms with Crippen molar-refractivity contribution in [3.05, 3.63) is 94.8 Å². The number of nitrogens with zero attached hydrogens (tertiary/aromatic N) is 4. The maximum atomic E-state index is 13.0. The number of alkyl halides is 3. The fraction of sp³-hybridized carbons (Fsp3) is 0.185. The van der Waals surface area contributed by atoms with Crippen LogP contribution in [-0.2, 0) is 19.3 Å². The molecule has 10 heteroatoms. The Morgan fingerprint density at radius 2 is 1.54 bits per heavy atom. The summed E-state index contributed by atoms with van der Waals surface area (Å²) in [5.41, 5.74) is 6.26. The fourth-order valence-electron chi connectivity index (χ4n) is 4.32. The van der Waals surface area contributed by atoms with Gasteiger partial charge >= 0.3 is 6.18 Å². The number of hydrogen-bond donors (Lipinski definition) is 1. The summed E-state index contributed by atoms with van der Waals surface area (Å²) in [5, 5.41) is 2.19. The molecule has 2 aromatic carbocycles. The molecule has 2 N–H and O–H groups in total. The minimum Gasteiger partial charge on any atom is -0.366 e. The van der Waals surface area contributed by atoms with Gasteiger partial charge in [-0.25, -0.2) is 9.97 Å². The summed E-state index contributed by atoms with van der Waals surface area (Å²) in [6, 6.07) is 14.1. The first-order valence-corrected chi connectivity index (χ1v) is 11.6. The van der Waals surface area contributed by atoms with Gasteiger partial charge in [0.15, 0.2) is 5.82 Å². The van der Waals surface area contributed by atoms with Gasteiger partial charge in [0.05, 0.1) is 5.56 Å². The zero-order chi connectivity index (χ0) is 26.2. The molecule has 5 aromatic rings. The van der Waals surface area contributed by atoms with E-state index in [0.29, 0.717) is 28.4 Å². The molecule has 0 aliphatic heterocycles. The number of rotatable bonds is 7. The first-order valence-electron chi connectivity index (χ1n) is 11.6. The maximum absolute atomic E-state index is 13.0. The molecule has 188 valence electrons. The predicted octanol–water partition coefficient (Wildman–Crippen LogP) is 5.01. The van der Waals surface area contributed by atoms with E-state index in [1.165, 1.54) is 0 Å². The number of pyridine rings is 1. The second-order valence-electron chi connectivity index (χ2n) is 8.76. The molecule has 0 saturated carbocycles. The molecule has 3 aromatic heterocycles. The van der Waals surface area contributed by atoms with Crippen molar-refractivity contribution in [2.75, 3.05) is 0 Å². The zero-order valence-electron chi connectivity index (χ0n) is 19.6. The maximum Gasteiger partial charge on any atom is 0.419 e. The molecule has 7 nitrogen and oxygen atoms in total. The number of unbranched alkanes of at least 4 members (excludes halogenated alkanes) is 1. The van der Waals surface area contributed by atoms with Gasteiger partial charge in [0, 0.05) is 59.9 Å². The summed E-state index contributed by atoms with van der Waals surface area (Å²) in [6.45, 7) is 1.26. The highest BCUT2D eigenvalue weighted by atomic mass is 19.4. The summed E-state index contributed by atoms with van der Waals surface area (Å²) in [4.78, 5) is 32.1. The van der Waals surface area contributed by atoms with Crippen LogP contribution in [0.1, 0.15) is 28.8 Å². The van der Waals surface area contributed by atoms with Gasteiger partial charge in [-0.2, -0.15) is 13.2 Å². The van der Waals surface area contributed by atoms with Gasteiger partial charge in [0.1, 0.15) is 0 Å². The number of halogens is 3. The van der Waals surface area contributed by atoms with E-state index in [1.54, 1.807) is 47.2 Å². The minimum absolute atomic E-state index is 0.144. The lowest BCUT2D eigenvalue weighted by atomic mass is 10.1. The molecule has 0 spiro atoms. The van der Waals surface area contributed by atoms with E-state index in [4.69, 9.17) is 5.73 Å². The summed E-state index contributed by atoms with van der Waals surface area (Å²) < 4.78 is 42.0. The number of benzene rings is 2. The van der Waals surface area contributed by atoms with Crippen LogP contribution in [0.15, 0.2) is 78.1 Å². The number of carbonyl (C=O) groups excluding carboxylic acids is 1. The van der Waals surface area contributed by atoms with Crippen molar-refractivity contribution in [3.8, 4) is 11.4 Å². The highest BCUT2D eigenvalue weighted by Gasteiger charge is 2.31. The standard InChI is InChI=1S/C27H22F3N5O2/c28-27(29,30)21-15-32-25(33-16-21)20-5-6-22-18(13-20)8-12-35(26(22)37)10-2-1-9-34-11-7-17-3-4-19(24(31)36)14-23(17)34/h3-8,11-16H,1-2,9-10H2,(H2,31,36). The van der Waals surface area contributed by atoms with Crippen molar-refractivity contribution in [2.45, 2.75) is 32.1 Å². The molecule has 0 aliphatic rings. The van der Waals surface area contributed by atoms with Crippen molar-refractivity contribution < 1.29 is 18.0 Å². The van der Waals surface area contributed by atoms with E-state index in [2.05, 4.69) is 14.5 Å². The highest BCUT2D eigenvalue weighted by Crippen LogP contribution is 2.29. The first-order chi connectivity index (χ1) is 17.7. The Morgan fingerprint density at radius 1 is 0.865 bits per heavy atom. The number of aryl methyl sites for hydroxylation is 2. The average molecular weight is 506 g/mol. The normalized spacial score (nSPS) is 11.9. The van der Waals surface area contributed by atoms with Crippen LogP contribution >= 0.6 is 0 Å². The third-order valence-electron chi connectivity index (χ3n) is 6.32. The number of aromatic nitrogens is 4. The molecule has 37 heavy (non-hydrogen) atoms. The molecule has 0 atom stereocenters. The molecule has 1 amide bonds. The topological polar surface area (TPSA) is 95.8 Å². The molecular formula is C27H22F3N5O2. The Hall–Kier alpha value is -4.47. The lowest BCUT2D eigenvalue weighted by Gasteiger charge is -2.10. The van der Waals surface area contributed by atoms with Crippen molar-refractivity contribution in [1.82, 2.24) is 19.1 Å². The lowest BCUT2D eigenvalue weighted by Crippen LogP contribution is -2.19. The first kappa shape index (κ1) is 24.2. The Bertz CT molecular complexity index is 1670. The van der Waals surface area contributed by atoms with Gasteiger partial charge in [-0.05, 0) is 60.0 Å². The Kier molecular flexibility index (Phi) is 6.24. The van der Waals surface area contributed by atoms with E-state index in [0.717, 1.165) is 42.7 Å². The Morgan fingerprint density at radius 3 is 2.24 bits per heavy atom. The fourth-order valence-corrected chi connectivity index (χ4v) is 4.32. The van der Waals surface area contributed by atoms with Gasteiger partial charge in [-0.15, -0.1) is 0 Å². The van der Waals surface area contributed by atoms with E-state index >= 15 is 0 Å². The molecule has 3 heterocycles. The monoisotopic (exact) mass is 505 g/mol. The van der Waals surface area contributed by atoms with Gasteiger partial charge in [0.2, 0.25) is 5.91 Å². The lowest BCUT2D eigenvalue weighted by molar-refractivity contribution is -0.138. The number of hydrogen-bond acceptors (Lipinski definition) is 4. The van der Waals surface area contributed by atoms with Crippen LogP contribution in [0.2, 0.25) is 0 Å². The largest absolute Gasteiger partial charge is 0.419 e. The molecule has 5 rings (SSSR count). The third kappa shape index (κ3) is 4.95. The SMILES string of the molecule is NC(=O)c1ccc2ccn(CCCCn3ccc4cc(-c5ncc(C(F)(F)F)cn5)ccc4c3=O)c2c1. The molecule has 0 radical (unpaired) electrons. The van der Waals surface area contributed by atoms with Crippen LogP contribution in [0.25, 0.3) is 33.1 Å². The molecule has 0 saturated heterocycles. The molecule has 0 fully saturated rings. The smallest absolute Gasteiger partial charge is 0.366 e. The summed E-state index contributed by atoms with van der Waals surface area (Å²) in [5.74, 6) is -0.316. The Labute approximate surface area is 209 Å². The average Bonchev–Trinajstić information content (AvgIpc) is 3.29. The highest BCUT2D eigenvalue weighted by molar-refractivity contribution is 5.97. The van der Waals surface area contributed by atoms with Crippen LogP contribution in [0.5, 0.6) is 0 Å². The van der Waals surface area contributed by atoms with Gasteiger partial charge in [-0.3, -0.25) is 9.59 Å². The Balaban J connectivity index is 1.27. The van der Waals surface area contributed by atoms with E-state index in [1.807, 2.05) is 18.3 Å². The van der Waals surface area contributed by atoms with Gasteiger partial charge in [0.25, 0.3) is 5.56 Å². The summed E-state index contributed by atoms with van der Waals surface area (Å²) in [7, 11) is 0. The van der Waals surface area contributed by atoms with Crippen LogP contribution in [0.4, 0.5) is 13.2 Å². The number of fused-ring (bicyclic) bond motifs is 2. The number of nitrogens with two attached hydrogens (primary N) is 1. The second kappa shape index (κ2) is 9.53. The molecule has 0 unspecified atom stereocenters. The minimum atomic E-state index is -4.50. The van der Waals surface area contributed by atoms with Crippen LogP contribution in [0.3, 0.4) is 0 Å². The second-order valence-corrected chi connectivity index (χ2v) is 8.76.